The third-order valence-corrected chi connectivity index (χ3v) is 4.98. The second-order valence-corrected chi connectivity index (χ2v) is 6.63. The molecule has 2 rings (SSSR count). The monoisotopic (exact) mass is 362 g/mol. The SMILES string of the molecule is CCN(CC)C(=O)C1(NC(=O)COc2ccc(OC)cc2)CCCCC1. The molecule has 0 aromatic heterocycles. The van der Waals surface area contributed by atoms with Crippen LogP contribution in [0, 0.1) is 0 Å². The summed E-state index contributed by atoms with van der Waals surface area (Å²) in [5.74, 6) is 1.09. The highest BCUT2D eigenvalue weighted by molar-refractivity contribution is 5.92. The number of rotatable bonds is 8. The maximum absolute atomic E-state index is 13.0. The molecule has 1 N–H and O–H groups in total. The number of carbonyl (C=O) groups excluding carboxylic acids is 2. The van der Waals surface area contributed by atoms with Crippen molar-refractivity contribution >= 4 is 11.8 Å². The first-order valence-corrected chi connectivity index (χ1v) is 9.42. The Morgan fingerprint density at radius 3 is 2.15 bits per heavy atom. The molecule has 0 aliphatic heterocycles. The summed E-state index contributed by atoms with van der Waals surface area (Å²) in [4.78, 5) is 27.3. The second-order valence-electron chi connectivity index (χ2n) is 6.63. The van der Waals surface area contributed by atoms with Crippen LogP contribution < -0.4 is 14.8 Å². The molecule has 0 heterocycles. The zero-order valence-corrected chi connectivity index (χ0v) is 16.0. The molecule has 6 heteroatoms. The average molecular weight is 362 g/mol. The van der Waals surface area contributed by atoms with Crippen molar-refractivity contribution < 1.29 is 19.1 Å². The zero-order chi connectivity index (χ0) is 19.0. The van der Waals surface area contributed by atoms with Gasteiger partial charge < -0.3 is 19.7 Å². The molecule has 1 aromatic carbocycles. The molecule has 0 atom stereocenters. The number of amides is 2. The van der Waals surface area contributed by atoms with Gasteiger partial charge in [0.25, 0.3) is 5.91 Å². The van der Waals surface area contributed by atoms with Gasteiger partial charge in [-0.05, 0) is 51.0 Å². The van der Waals surface area contributed by atoms with Crippen molar-refractivity contribution in [2.75, 3.05) is 26.8 Å². The minimum absolute atomic E-state index is 0.0278. The quantitative estimate of drug-likeness (QED) is 0.772. The number of likely N-dealkylation sites (N-methyl/N-ethyl adjacent to an activating group) is 1. The standard InChI is InChI=1S/C20H30N2O4/c1-4-22(5-2)19(24)20(13-7-6-8-14-20)21-18(23)15-26-17-11-9-16(25-3)10-12-17/h9-12H,4-8,13-15H2,1-3H3,(H,21,23). The number of ether oxygens (including phenoxy) is 2. The smallest absolute Gasteiger partial charge is 0.258 e. The molecular formula is C20H30N2O4. The van der Waals surface area contributed by atoms with E-state index in [9.17, 15) is 9.59 Å². The van der Waals surface area contributed by atoms with Crippen molar-refractivity contribution in [3.63, 3.8) is 0 Å². The van der Waals surface area contributed by atoms with Crippen LogP contribution in [0.4, 0.5) is 0 Å². The van der Waals surface area contributed by atoms with Crippen LogP contribution in [0.15, 0.2) is 24.3 Å². The van der Waals surface area contributed by atoms with Gasteiger partial charge in [-0.1, -0.05) is 19.3 Å². The van der Waals surface area contributed by atoms with Gasteiger partial charge in [0.05, 0.1) is 7.11 Å². The van der Waals surface area contributed by atoms with Crippen LogP contribution in [0.5, 0.6) is 11.5 Å². The van der Waals surface area contributed by atoms with Crippen LogP contribution in [0.2, 0.25) is 0 Å². The first-order chi connectivity index (χ1) is 12.5. The van der Waals surface area contributed by atoms with E-state index in [4.69, 9.17) is 9.47 Å². The third kappa shape index (κ3) is 4.90. The number of carbonyl (C=O) groups is 2. The van der Waals surface area contributed by atoms with Crippen LogP contribution in [0.25, 0.3) is 0 Å². The number of hydrogen-bond acceptors (Lipinski definition) is 4. The fraction of sp³-hybridized carbons (Fsp3) is 0.600. The predicted octanol–water partition coefficient (Wildman–Crippen LogP) is 2.76. The lowest BCUT2D eigenvalue weighted by molar-refractivity contribution is -0.143. The summed E-state index contributed by atoms with van der Waals surface area (Å²) in [7, 11) is 1.60. The topological polar surface area (TPSA) is 67.9 Å². The zero-order valence-electron chi connectivity index (χ0n) is 16.0. The molecular weight excluding hydrogens is 332 g/mol. The number of nitrogens with zero attached hydrogens (tertiary/aromatic N) is 1. The van der Waals surface area contributed by atoms with Crippen molar-refractivity contribution in [3.05, 3.63) is 24.3 Å². The minimum Gasteiger partial charge on any atom is -0.497 e. The second kappa shape index (κ2) is 9.46. The van der Waals surface area contributed by atoms with Gasteiger partial charge in [-0.15, -0.1) is 0 Å². The molecule has 1 aliphatic carbocycles. The maximum atomic E-state index is 13.0. The molecule has 0 unspecified atom stereocenters. The Hall–Kier alpha value is -2.24. The molecule has 1 fully saturated rings. The fourth-order valence-electron chi connectivity index (χ4n) is 3.48. The molecule has 1 aliphatic rings. The largest absolute Gasteiger partial charge is 0.497 e. The van der Waals surface area contributed by atoms with Gasteiger partial charge in [0, 0.05) is 13.1 Å². The third-order valence-electron chi connectivity index (χ3n) is 4.98. The molecule has 1 aromatic rings. The average Bonchev–Trinajstić information content (AvgIpc) is 2.68. The number of hydrogen-bond donors (Lipinski definition) is 1. The van der Waals surface area contributed by atoms with Crippen LogP contribution in [-0.4, -0.2) is 49.1 Å². The van der Waals surface area contributed by atoms with Gasteiger partial charge in [-0.2, -0.15) is 0 Å². The van der Waals surface area contributed by atoms with Crippen molar-refractivity contribution in [1.82, 2.24) is 10.2 Å². The van der Waals surface area contributed by atoms with Gasteiger partial charge in [0.2, 0.25) is 5.91 Å². The van der Waals surface area contributed by atoms with E-state index in [1.807, 2.05) is 13.8 Å². The van der Waals surface area contributed by atoms with Crippen LogP contribution in [-0.2, 0) is 9.59 Å². The predicted molar refractivity (Wildman–Crippen MR) is 100 cm³/mol. The lowest BCUT2D eigenvalue weighted by Gasteiger charge is -2.40. The molecule has 6 nitrogen and oxygen atoms in total. The summed E-state index contributed by atoms with van der Waals surface area (Å²) in [5.41, 5.74) is -0.787. The highest BCUT2D eigenvalue weighted by Gasteiger charge is 2.42. The van der Waals surface area contributed by atoms with Crippen molar-refractivity contribution in [3.8, 4) is 11.5 Å². The molecule has 0 bridgehead atoms. The fourth-order valence-corrected chi connectivity index (χ4v) is 3.48. The van der Waals surface area contributed by atoms with E-state index in [-0.39, 0.29) is 18.4 Å². The summed E-state index contributed by atoms with van der Waals surface area (Å²) in [6.07, 6.45) is 4.39. The lowest BCUT2D eigenvalue weighted by atomic mass is 9.80. The highest BCUT2D eigenvalue weighted by Crippen LogP contribution is 2.30. The van der Waals surface area contributed by atoms with Crippen molar-refractivity contribution in [2.24, 2.45) is 0 Å². The number of benzene rings is 1. The van der Waals surface area contributed by atoms with Crippen LogP contribution >= 0.6 is 0 Å². The normalized spacial score (nSPS) is 15.8. The summed E-state index contributed by atoms with van der Waals surface area (Å²) in [5, 5.41) is 2.99. The van der Waals surface area contributed by atoms with Crippen LogP contribution in [0.3, 0.4) is 0 Å². The van der Waals surface area contributed by atoms with Crippen molar-refractivity contribution in [2.45, 2.75) is 51.5 Å². The van der Waals surface area contributed by atoms with E-state index < -0.39 is 5.54 Å². The maximum Gasteiger partial charge on any atom is 0.258 e. The Bertz CT molecular complexity index is 590. The first-order valence-electron chi connectivity index (χ1n) is 9.42. The molecule has 0 spiro atoms. The Morgan fingerprint density at radius 2 is 1.62 bits per heavy atom. The molecule has 0 radical (unpaired) electrons. The molecule has 0 saturated heterocycles. The van der Waals surface area contributed by atoms with E-state index in [1.54, 1.807) is 36.3 Å². The number of nitrogens with one attached hydrogen (secondary N) is 1. The van der Waals surface area contributed by atoms with E-state index in [1.165, 1.54) is 0 Å². The van der Waals surface area contributed by atoms with E-state index in [2.05, 4.69) is 5.32 Å². The van der Waals surface area contributed by atoms with Crippen molar-refractivity contribution in [1.29, 1.82) is 0 Å². The van der Waals surface area contributed by atoms with E-state index >= 15 is 0 Å². The molecule has 1 saturated carbocycles. The summed E-state index contributed by atoms with van der Waals surface area (Å²) >= 11 is 0. The summed E-state index contributed by atoms with van der Waals surface area (Å²) < 4.78 is 10.7. The van der Waals surface area contributed by atoms with Gasteiger partial charge in [-0.25, -0.2) is 0 Å². The van der Waals surface area contributed by atoms with Gasteiger partial charge in [0.15, 0.2) is 6.61 Å². The highest BCUT2D eigenvalue weighted by atomic mass is 16.5. The number of methoxy groups -OCH3 is 1. The Kier molecular flexibility index (Phi) is 7.30. The lowest BCUT2D eigenvalue weighted by Crippen LogP contribution is -2.61. The van der Waals surface area contributed by atoms with Gasteiger partial charge in [0.1, 0.15) is 17.0 Å². The van der Waals surface area contributed by atoms with Gasteiger partial charge in [-0.3, -0.25) is 9.59 Å². The Labute approximate surface area is 155 Å². The molecule has 2 amide bonds. The van der Waals surface area contributed by atoms with E-state index in [0.29, 0.717) is 31.7 Å². The Morgan fingerprint density at radius 1 is 1.04 bits per heavy atom. The molecule has 26 heavy (non-hydrogen) atoms. The molecule has 144 valence electrons. The summed E-state index contributed by atoms with van der Waals surface area (Å²) in [6, 6.07) is 7.06. The summed E-state index contributed by atoms with van der Waals surface area (Å²) in [6.45, 7) is 5.11. The Balaban J connectivity index is 2.00. The van der Waals surface area contributed by atoms with Gasteiger partial charge >= 0.3 is 0 Å². The van der Waals surface area contributed by atoms with E-state index in [0.717, 1.165) is 25.0 Å². The van der Waals surface area contributed by atoms with Crippen LogP contribution in [0.1, 0.15) is 46.0 Å². The first kappa shape index (κ1) is 20.1. The minimum atomic E-state index is -0.787.